The zero-order chi connectivity index (χ0) is 8.20. The molecule has 0 aliphatic carbocycles. The van der Waals surface area contributed by atoms with E-state index in [1.165, 1.54) is 0 Å². The molecule has 0 fully saturated rings. The third-order valence-corrected chi connectivity index (χ3v) is 0.816. The Labute approximate surface area is 59.7 Å². The van der Waals surface area contributed by atoms with Gasteiger partial charge in [-0.25, -0.2) is 4.99 Å². The molecule has 0 radical (unpaired) electrons. The number of aliphatic imine (C=N–C) groups is 1. The summed E-state index contributed by atoms with van der Waals surface area (Å²) in [6, 6.07) is 0. The fourth-order valence-corrected chi connectivity index (χ4v) is 0.501. The highest BCUT2D eigenvalue weighted by atomic mass is 16.6. The Hall–Kier alpha value is -0.810. The van der Waals surface area contributed by atoms with Gasteiger partial charge in [-0.15, -0.1) is 0 Å². The molecule has 0 spiro atoms. The number of ether oxygens (including phenoxy) is 1. The largest absolute Gasteiger partial charge is 0.371 e. The van der Waals surface area contributed by atoms with Gasteiger partial charge in [-0.2, -0.15) is 0 Å². The van der Waals surface area contributed by atoms with Crippen LogP contribution in [-0.2, 0) is 4.74 Å². The summed E-state index contributed by atoms with van der Waals surface area (Å²) in [5.74, 6) is -0.0570. The van der Waals surface area contributed by atoms with Gasteiger partial charge in [0, 0.05) is 0 Å². The highest BCUT2D eigenvalue weighted by Gasteiger charge is 2.15. The van der Waals surface area contributed by atoms with Crippen molar-refractivity contribution in [1.29, 1.82) is 0 Å². The lowest BCUT2D eigenvalue weighted by atomic mass is 10.3. The van der Waals surface area contributed by atoms with E-state index in [9.17, 15) is 0 Å². The molecule has 0 atom stereocenters. The van der Waals surface area contributed by atoms with Crippen LogP contribution in [0.4, 0.5) is 0 Å². The Kier molecular flexibility index (Phi) is 3.11. The van der Waals surface area contributed by atoms with Crippen LogP contribution in [0, 0.1) is 0 Å². The Morgan fingerprint density at radius 2 is 2.10 bits per heavy atom. The van der Waals surface area contributed by atoms with Crippen molar-refractivity contribution in [2.24, 2.45) is 16.5 Å². The van der Waals surface area contributed by atoms with Crippen LogP contribution >= 0.6 is 0 Å². The van der Waals surface area contributed by atoms with Crippen LogP contribution in [0.2, 0.25) is 0 Å². The summed E-state index contributed by atoms with van der Waals surface area (Å²) < 4.78 is 4.75. The van der Waals surface area contributed by atoms with E-state index in [0.29, 0.717) is 0 Å². The average molecular weight is 147 g/mol. The molecule has 10 heavy (non-hydrogen) atoms. The third-order valence-electron chi connectivity index (χ3n) is 0.816. The highest BCUT2D eigenvalue weighted by molar-refractivity contribution is 5.76. The normalized spacial score (nSPS) is 11.1. The molecule has 0 bridgehead atoms. The van der Waals surface area contributed by atoms with E-state index < -0.39 is 12.5 Å². The quantitative estimate of drug-likeness (QED) is 0.270. The minimum atomic E-state index is -0.840. The monoisotopic (exact) mass is 147 g/mol. The predicted octanol–water partition coefficient (Wildman–Crippen LogP) is -1.04. The molecule has 0 aromatic carbocycles. The van der Waals surface area contributed by atoms with Crippen LogP contribution in [0.1, 0.15) is 13.8 Å². The molecule has 0 aromatic heterocycles. The second-order valence-electron chi connectivity index (χ2n) is 2.26. The molecular formula is C5H13N3O2. The third kappa shape index (κ3) is 4.11. The molecule has 0 rings (SSSR count). The first-order chi connectivity index (χ1) is 4.48. The Morgan fingerprint density at radius 3 is 2.40 bits per heavy atom. The highest BCUT2D eigenvalue weighted by Crippen LogP contribution is 2.08. The molecule has 5 N–H and O–H groups in total. The second kappa shape index (κ2) is 3.38. The molecule has 0 aliphatic rings. The first-order valence-corrected chi connectivity index (χ1v) is 2.83. The summed E-state index contributed by atoms with van der Waals surface area (Å²) in [4.78, 5) is 3.69. The lowest BCUT2D eigenvalue weighted by Gasteiger charge is -2.18. The fraction of sp³-hybridized carbons (Fsp3) is 0.800. The van der Waals surface area contributed by atoms with Gasteiger partial charge in [0.1, 0.15) is 6.79 Å². The number of hydrogen-bond donors (Lipinski definition) is 3. The van der Waals surface area contributed by atoms with E-state index in [1.807, 2.05) is 0 Å². The van der Waals surface area contributed by atoms with Gasteiger partial charge in [0.15, 0.2) is 11.7 Å². The number of nitrogens with zero attached hydrogens (tertiary/aromatic N) is 1. The topological polar surface area (TPSA) is 93.9 Å². The molecule has 5 nitrogen and oxygen atoms in total. The van der Waals surface area contributed by atoms with E-state index in [-0.39, 0.29) is 5.96 Å². The molecule has 0 heterocycles. The van der Waals surface area contributed by atoms with Gasteiger partial charge in [-0.05, 0) is 13.8 Å². The average Bonchev–Trinajstić information content (AvgIpc) is 1.59. The first-order valence-electron chi connectivity index (χ1n) is 2.83. The summed E-state index contributed by atoms with van der Waals surface area (Å²) in [5, 5.41) is 8.34. The molecule has 0 amide bonds. The van der Waals surface area contributed by atoms with E-state index in [4.69, 9.17) is 21.3 Å². The van der Waals surface area contributed by atoms with Gasteiger partial charge in [-0.1, -0.05) is 0 Å². The van der Waals surface area contributed by atoms with Crippen LogP contribution in [0.5, 0.6) is 0 Å². The van der Waals surface area contributed by atoms with Crippen molar-refractivity contribution in [2.45, 2.75) is 19.6 Å². The number of rotatable bonds is 3. The molecule has 0 aliphatic heterocycles. The predicted molar refractivity (Wildman–Crippen MR) is 38.1 cm³/mol. The van der Waals surface area contributed by atoms with Crippen LogP contribution in [0.25, 0.3) is 0 Å². The van der Waals surface area contributed by atoms with Gasteiger partial charge in [0.25, 0.3) is 0 Å². The minimum Gasteiger partial charge on any atom is -0.371 e. The second-order valence-corrected chi connectivity index (χ2v) is 2.26. The van der Waals surface area contributed by atoms with Crippen molar-refractivity contribution < 1.29 is 9.84 Å². The van der Waals surface area contributed by atoms with Crippen LogP contribution in [0.15, 0.2) is 4.99 Å². The summed E-state index contributed by atoms with van der Waals surface area (Å²) in [6.07, 6.45) is 0. The van der Waals surface area contributed by atoms with Gasteiger partial charge in [0.05, 0.1) is 0 Å². The lowest BCUT2D eigenvalue weighted by Crippen LogP contribution is -2.31. The summed E-state index contributed by atoms with van der Waals surface area (Å²) in [5.41, 5.74) is 9.31. The molecule has 60 valence electrons. The maximum Gasteiger partial charge on any atom is 0.188 e. The number of aliphatic hydroxyl groups excluding tert-OH is 1. The van der Waals surface area contributed by atoms with Crippen molar-refractivity contribution in [2.75, 3.05) is 6.79 Å². The van der Waals surface area contributed by atoms with Crippen molar-refractivity contribution in [3.8, 4) is 0 Å². The number of guanidine groups is 1. The summed E-state index contributed by atoms with van der Waals surface area (Å²) in [6.45, 7) is 2.88. The van der Waals surface area contributed by atoms with E-state index in [0.717, 1.165) is 0 Å². The van der Waals surface area contributed by atoms with E-state index >= 15 is 0 Å². The van der Waals surface area contributed by atoms with Crippen LogP contribution in [0.3, 0.4) is 0 Å². The summed E-state index contributed by atoms with van der Waals surface area (Å²) >= 11 is 0. The number of aliphatic hydroxyl groups is 1. The number of hydrogen-bond acceptors (Lipinski definition) is 3. The molecular weight excluding hydrogens is 134 g/mol. The van der Waals surface area contributed by atoms with E-state index in [2.05, 4.69) is 4.99 Å². The maximum atomic E-state index is 8.34. The van der Waals surface area contributed by atoms with Gasteiger partial charge in [-0.3, -0.25) is 0 Å². The maximum absolute atomic E-state index is 8.34. The first kappa shape index (κ1) is 9.19. The molecule has 0 unspecified atom stereocenters. The SMILES string of the molecule is CC(C)(N=C(N)N)OCO. The molecule has 5 heteroatoms. The number of nitrogens with two attached hydrogens (primary N) is 2. The van der Waals surface area contributed by atoms with Gasteiger partial charge >= 0.3 is 0 Å². The zero-order valence-corrected chi connectivity index (χ0v) is 6.16. The molecule has 0 saturated heterocycles. The Morgan fingerprint density at radius 1 is 1.60 bits per heavy atom. The van der Waals surface area contributed by atoms with Gasteiger partial charge in [0.2, 0.25) is 0 Å². The molecule has 0 aromatic rings. The zero-order valence-electron chi connectivity index (χ0n) is 6.16. The van der Waals surface area contributed by atoms with E-state index in [1.54, 1.807) is 13.8 Å². The van der Waals surface area contributed by atoms with Crippen LogP contribution < -0.4 is 11.5 Å². The van der Waals surface area contributed by atoms with Crippen molar-refractivity contribution in [3.63, 3.8) is 0 Å². The standard InChI is InChI=1S/C5H13N3O2/c1-5(2,10-3-9)8-4(6)7/h9H,3H2,1-2H3,(H4,6,7,8). The van der Waals surface area contributed by atoms with Crippen LogP contribution in [-0.4, -0.2) is 23.6 Å². The summed E-state index contributed by atoms with van der Waals surface area (Å²) in [7, 11) is 0. The van der Waals surface area contributed by atoms with Crippen molar-refractivity contribution in [1.82, 2.24) is 0 Å². The van der Waals surface area contributed by atoms with Crippen molar-refractivity contribution in [3.05, 3.63) is 0 Å². The lowest BCUT2D eigenvalue weighted by molar-refractivity contribution is -0.0927. The molecule has 0 saturated carbocycles. The van der Waals surface area contributed by atoms with Crippen molar-refractivity contribution >= 4 is 5.96 Å². The van der Waals surface area contributed by atoms with Gasteiger partial charge < -0.3 is 21.3 Å². The Bertz CT molecular complexity index is 129. The Balaban J connectivity index is 3.98. The smallest absolute Gasteiger partial charge is 0.188 e. The minimum absolute atomic E-state index is 0.0570. The fourth-order valence-electron chi connectivity index (χ4n) is 0.501.